The first-order valence-corrected chi connectivity index (χ1v) is 13.2. The number of nitrogens with zero attached hydrogens (tertiary/aromatic N) is 6. The van der Waals surface area contributed by atoms with Crippen LogP contribution in [0.25, 0.3) is 5.65 Å². The second-order valence-electron chi connectivity index (χ2n) is 11.8. The lowest BCUT2D eigenvalue weighted by Crippen LogP contribution is -2.57. The fourth-order valence-corrected chi connectivity index (χ4v) is 6.49. The van der Waals surface area contributed by atoms with E-state index in [1.165, 1.54) is 5.56 Å². The van der Waals surface area contributed by atoms with E-state index in [0.717, 1.165) is 82.0 Å². The molecule has 0 saturated carbocycles. The number of piperidine rings is 1. The molecule has 35 heavy (non-hydrogen) atoms. The van der Waals surface area contributed by atoms with E-state index in [2.05, 4.69) is 36.1 Å². The quantitative estimate of drug-likeness (QED) is 0.703. The van der Waals surface area contributed by atoms with Gasteiger partial charge >= 0.3 is 0 Å². The number of amides is 2. The number of hydrogen-bond acceptors (Lipinski definition) is 6. The number of carbonyl (C=O) groups excluding carboxylic acids is 2. The molecule has 0 atom stereocenters. The molecule has 0 bridgehead atoms. The van der Waals surface area contributed by atoms with Gasteiger partial charge < -0.3 is 20.0 Å². The predicted octanol–water partition coefficient (Wildman–Crippen LogP) is 1.49. The van der Waals surface area contributed by atoms with Gasteiger partial charge in [0, 0.05) is 62.9 Å². The standard InChI is InChI=1S/C26H37N7O2/c1-25(2,3)32-15-9-26(24(32)35)7-13-30(14-8-26)23(34)18-16-31(17-18)22-19-4-10-27-11-5-20(19)29-21-6-12-28-33(21)22/h6,12,18,27H,4-5,7-11,13-17H2,1-3H3. The van der Waals surface area contributed by atoms with Gasteiger partial charge in [-0.3, -0.25) is 9.59 Å². The zero-order valence-corrected chi connectivity index (χ0v) is 21.2. The zero-order chi connectivity index (χ0) is 24.4. The Morgan fingerprint density at radius 2 is 1.80 bits per heavy atom. The highest BCUT2D eigenvalue weighted by molar-refractivity contribution is 5.87. The van der Waals surface area contributed by atoms with Crippen LogP contribution in [0.3, 0.4) is 0 Å². The Labute approximate surface area is 206 Å². The number of nitrogens with one attached hydrogen (secondary N) is 1. The molecule has 2 amide bonds. The van der Waals surface area contributed by atoms with Crippen molar-refractivity contribution in [2.24, 2.45) is 11.3 Å². The molecule has 4 aliphatic heterocycles. The Kier molecular flexibility index (Phi) is 5.32. The second kappa shape index (κ2) is 8.18. The first-order valence-electron chi connectivity index (χ1n) is 13.2. The number of likely N-dealkylation sites (tertiary alicyclic amines) is 2. The largest absolute Gasteiger partial charge is 0.354 e. The van der Waals surface area contributed by atoms with Crippen LogP contribution in [-0.2, 0) is 22.4 Å². The molecule has 0 radical (unpaired) electrons. The van der Waals surface area contributed by atoms with E-state index in [9.17, 15) is 9.59 Å². The van der Waals surface area contributed by atoms with E-state index in [-0.39, 0.29) is 22.8 Å². The van der Waals surface area contributed by atoms with Crippen molar-refractivity contribution >= 4 is 23.3 Å². The first-order chi connectivity index (χ1) is 16.8. The molecule has 4 aliphatic rings. The molecule has 9 nitrogen and oxygen atoms in total. The van der Waals surface area contributed by atoms with Gasteiger partial charge in [-0.15, -0.1) is 0 Å². The summed E-state index contributed by atoms with van der Waals surface area (Å²) < 4.78 is 1.95. The van der Waals surface area contributed by atoms with E-state index in [1.54, 1.807) is 6.20 Å². The summed E-state index contributed by atoms with van der Waals surface area (Å²) in [6, 6.07) is 1.96. The van der Waals surface area contributed by atoms with Crippen LogP contribution in [0.2, 0.25) is 0 Å². The van der Waals surface area contributed by atoms with Crippen LogP contribution >= 0.6 is 0 Å². The second-order valence-corrected chi connectivity index (χ2v) is 11.8. The fraction of sp³-hybridized carbons (Fsp3) is 0.692. The molecule has 3 saturated heterocycles. The molecule has 3 fully saturated rings. The van der Waals surface area contributed by atoms with Crippen LogP contribution in [0, 0.1) is 11.3 Å². The van der Waals surface area contributed by atoms with E-state index < -0.39 is 0 Å². The summed E-state index contributed by atoms with van der Waals surface area (Å²) in [5.41, 5.74) is 2.90. The van der Waals surface area contributed by atoms with Gasteiger partial charge in [0.15, 0.2) is 5.65 Å². The van der Waals surface area contributed by atoms with Gasteiger partial charge in [-0.2, -0.15) is 9.61 Å². The van der Waals surface area contributed by atoms with Crippen molar-refractivity contribution in [1.82, 2.24) is 29.7 Å². The van der Waals surface area contributed by atoms with Crippen molar-refractivity contribution in [3.63, 3.8) is 0 Å². The maximum atomic E-state index is 13.4. The van der Waals surface area contributed by atoms with Gasteiger partial charge in [0.25, 0.3) is 0 Å². The highest BCUT2D eigenvalue weighted by Gasteiger charge is 2.51. The average Bonchev–Trinajstić information content (AvgIpc) is 3.29. The zero-order valence-electron chi connectivity index (χ0n) is 21.2. The smallest absolute Gasteiger partial charge is 0.229 e. The molecule has 1 spiro atoms. The average molecular weight is 480 g/mol. The Hall–Kier alpha value is -2.68. The monoisotopic (exact) mass is 479 g/mol. The summed E-state index contributed by atoms with van der Waals surface area (Å²) in [7, 11) is 0. The van der Waals surface area contributed by atoms with Crippen molar-refractivity contribution in [3.05, 3.63) is 23.5 Å². The molecule has 6 rings (SSSR count). The number of carbonyl (C=O) groups is 2. The fourth-order valence-electron chi connectivity index (χ4n) is 6.49. The molecular formula is C26H37N7O2. The Balaban J connectivity index is 1.12. The molecule has 9 heteroatoms. The lowest BCUT2D eigenvalue weighted by atomic mass is 9.76. The molecule has 2 aromatic rings. The highest BCUT2D eigenvalue weighted by Crippen LogP contribution is 2.44. The summed E-state index contributed by atoms with van der Waals surface area (Å²) in [6.07, 6.45) is 6.15. The van der Waals surface area contributed by atoms with Gasteiger partial charge in [-0.1, -0.05) is 0 Å². The third-order valence-electron chi connectivity index (χ3n) is 8.67. The van der Waals surface area contributed by atoms with Crippen molar-refractivity contribution in [3.8, 4) is 0 Å². The maximum Gasteiger partial charge on any atom is 0.229 e. The van der Waals surface area contributed by atoms with Crippen molar-refractivity contribution in [1.29, 1.82) is 0 Å². The van der Waals surface area contributed by atoms with Crippen LogP contribution in [-0.4, -0.2) is 87.6 Å². The van der Waals surface area contributed by atoms with E-state index in [4.69, 9.17) is 4.98 Å². The van der Waals surface area contributed by atoms with Gasteiger partial charge in [-0.25, -0.2) is 4.98 Å². The van der Waals surface area contributed by atoms with Crippen molar-refractivity contribution in [2.75, 3.05) is 50.7 Å². The molecule has 2 aromatic heterocycles. The minimum Gasteiger partial charge on any atom is -0.354 e. The van der Waals surface area contributed by atoms with E-state index in [1.807, 2.05) is 20.4 Å². The lowest BCUT2D eigenvalue weighted by Gasteiger charge is -2.45. The predicted molar refractivity (Wildman–Crippen MR) is 133 cm³/mol. The minimum atomic E-state index is -0.260. The summed E-state index contributed by atoms with van der Waals surface area (Å²) in [6.45, 7) is 11.9. The normalized spacial score (nSPS) is 23.1. The Bertz CT molecular complexity index is 1150. The third-order valence-corrected chi connectivity index (χ3v) is 8.67. The van der Waals surface area contributed by atoms with Gasteiger partial charge in [0.2, 0.25) is 11.8 Å². The Morgan fingerprint density at radius 3 is 2.51 bits per heavy atom. The molecule has 6 heterocycles. The van der Waals surface area contributed by atoms with Crippen molar-refractivity contribution < 1.29 is 9.59 Å². The summed E-state index contributed by atoms with van der Waals surface area (Å²) >= 11 is 0. The highest BCUT2D eigenvalue weighted by atomic mass is 16.2. The van der Waals surface area contributed by atoms with Crippen LogP contribution in [0.4, 0.5) is 5.82 Å². The summed E-state index contributed by atoms with van der Waals surface area (Å²) in [5, 5.41) is 8.02. The van der Waals surface area contributed by atoms with Crippen LogP contribution in [0.15, 0.2) is 12.3 Å². The number of hydrogen-bond donors (Lipinski definition) is 1. The summed E-state index contributed by atoms with van der Waals surface area (Å²) in [4.78, 5) is 37.8. The van der Waals surface area contributed by atoms with Crippen LogP contribution in [0.5, 0.6) is 0 Å². The van der Waals surface area contributed by atoms with E-state index in [0.29, 0.717) is 19.0 Å². The molecular weight excluding hydrogens is 442 g/mol. The SMILES string of the molecule is CC(C)(C)N1CCC2(CCN(C(=O)C3CN(c4c5c(nc6ccnn46)CCNCC5)C3)CC2)C1=O. The van der Waals surface area contributed by atoms with Gasteiger partial charge in [0.1, 0.15) is 5.82 Å². The minimum absolute atomic E-state index is 0.00716. The topological polar surface area (TPSA) is 86.1 Å². The lowest BCUT2D eigenvalue weighted by molar-refractivity contribution is -0.147. The molecule has 188 valence electrons. The molecule has 1 N–H and O–H groups in total. The number of anilines is 1. The number of fused-ring (bicyclic) bond motifs is 2. The number of rotatable bonds is 2. The number of aromatic nitrogens is 3. The van der Waals surface area contributed by atoms with Gasteiger partial charge in [-0.05, 0) is 53.0 Å². The van der Waals surface area contributed by atoms with Crippen LogP contribution in [0.1, 0.15) is 51.3 Å². The van der Waals surface area contributed by atoms with Crippen LogP contribution < -0.4 is 10.2 Å². The van der Waals surface area contributed by atoms with E-state index >= 15 is 0 Å². The third kappa shape index (κ3) is 3.70. The molecule has 0 aliphatic carbocycles. The summed E-state index contributed by atoms with van der Waals surface area (Å²) in [5.74, 6) is 1.66. The molecule has 0 unspecified atom stereocenters. The van der Waals surface area contributed by atoms with Gasteiger partial charge in [0.05, 0.1) is 23.2 Å². The maximum absolute atomic E-state index is 13.4. The molecule has 0 aromatic carbocycles. The van der Waals surface area contributed by atoms with Crippen molar-refractivity contribution in [2.45, 2.75) is 58.4 Å². The Morgan fingerprint density at radius 1 is 1.09 bits per heavy atom. The first kappa shape index (κ1) is 22.8.